The predicted molar refractivity (Wildman–Crippen MR) is 56.8 cm³/mol. The lowest BCUT2D eigenvalue weighted by atomic mass is 10.3. The van der Waals surface area contributed by atoms with E-state index < -0.39 is 6.16 Å². The molecule has 1 rings (SSSR count). The molecule has 0 bridgehead atoms. The molecule has 0 saturated heterocycles. The van der Waals surface area contributed by atoms with Gasteiger partial charge in [0.25, 0.3) is 0 Å². The Balaban J connectivity index is 2.58. The Morgan fingerprint density at radius 1 is 1.54 bits per heavy atom. The number of hydrogen-bond acceptors (Lipinski definition) is 3. The van der Waals surface area contributed by atoms with Gasteiger partial charge >= 0.3 is 6.16 Å². The third-order valence-electron chi connectivity index (χ3n) is 1.26. The summed E-state index contributed by atoms with van der Waals surface area (Å²) in [6.45, 7) is 2.05. The van der Waals surface area contributed by atoms with Crippen molar-refractivity contribution in [2.75, 3.05) is 6.61 Å². The fraction of sp³-hybridized carbons (Fsp3) is 0.222. The highest BCUT2D eigenvalue weighted by Gasteiger charge is 2.03. The van der Waals surface area contributed by atoms with E-state index in [1.807, 2.05) is 12.1 Å². The third-order valence-corrected chi connectivity index (χ3v) is 1.93. The molecule has 0 N–H and O–H groups in total. The van der Waals surface area contributed by atoms with Crippen molar-refractivity contribution in [3.05, 3.63) is 27.8 Å². The van der Waals surface area contributed by atoms with Gasteiger partial charge in [0.2, 0.25) is 0 Å². The zero-order valence-corrected chi connectivity index (χ0v) is 9.28. The molecule has 0 fully saturated rings. The first-order valence-electron chi connectivity index (χ1n) is 3.82. The minimum absolute atomic E-state index is 0.322. The van der Waals surface area contributed by atoms with Gasteiger partial charge in [0.1, 0.15) is 5.75 Å². The summed E-state index contributed by atoms with van der Waals surface area (Å²) in [4.78, 5) is 10.9. The second kappa shape index (κ2) is 5.06. The van der Waals surface area contributed by atoms with Crippen LogP contribution < -0.4 is 4.74 Å². The van der Waals surface area contributed by atoms with Crippen molar-refractivity contribution in [3.63, 3.8) is 0 Å². The first kappa shape index (κ1) is 10.3. The van der Waals surface area contributed by atoms with Crippen molar-refractivity contribution >= 4 is 28.7 Å². The van der Waals surface area contributed by atoms with Crippen LogP contribution in [0.5, 0.6) is 5.75 Å². The van der Waals surface area contributed by atoms with Crippen molar-refractivity contribution in [2.45, 2.75) is 6.92 Å². The minimum Gasteiger partial charge on any atom is -0.434 e. The Morgan fingerprint density at radius 3 is 2.92 bits per heavy atom. The van der Waals surface area contributed by atoms with Crippen LogP contribution in [0.2, 0.25) is 0 Å². The van der Waals surface area contributed by atoms with Crippen LogP contribution in [0.25, 0.3) is 0 Å². The number of benzene rings is 1. The van der Waals surface area contributed by atoms with E-state index in [1.54, 1.807) is 19.1 Å². The van der Waals surface area contributed by atoms with E-state index in [4.69, 9.17) is 4.74 Å². The average Bonchev–Trinajstić information content (AvgIpc) is 2.04. The quantitative estimate of drug-likeness (QED) is 0.477. The van der Waals surface area contributed by atoms with Crippen molar-refractivity contribution < 1.29 is 14.3 Å². The zero-order valence-electron chi connectivity index (χ0n) is 7.12. The summed E-state index contributed by atoms with van der Waals surface area (Å²) in [7, 11) is 0. The standard InChI is InChI=1S/C9H9IO3/c1-2-12-9(11)13-8-5-3-4-7(10)6-8/h3-6H,2H2,1H3. The SMILES string of the molecule is CCOC(=O)Oc1cccc(I)c1. The molecule has 3 nitrogen and oxygen atoms in total. The van der Waals surface area contributed by atoms with Gasteiger partial charge in [-0.2, -0.15) is 0 Å². The summed E-state index contributed by atoms with van der Waals surface area (Å²) in [5.41, 5.74) is 0. The van der Waals surface area contributed by atoms with Crippen LogP contribution in [0, 0.1) is 3.57 Å². The molecule has 0 aliphatic rings. The molecule has 0 unspecified atom stereocenters. The Kier molecular flexibility index (Phi) is 4.01. The van der Waals surface area contributed by atoms with Crippen molar-refractivity contribution in [2.24, 2.45) is 0 Å². The Morgan fingerprint density at radius 2 is 2.31 bits per heavy atom. The molecule has 0 spiro atoms. The van der Waals surface area contributed by atoms with Gasteiger partial charge in [-0.3, -0.25) is 0 Å². The summed E-state index contributed by atoms with van der Waals surface area (Å²) in [5.74, 6) is 0.505. The first-order chi connectivity index (χ1) is 6.22. The average molecular weight is 292 g/mol. The number of hydrogen-bond donors (Lipinski definition) is 0. The molecule has 0 atom stereocenters. The molecule has 70 valence electrons. The van der Waals surface area contributed by atoms with Crippen LogP contribution in [0.1, 0.15) is 6.92 Å². The topological polar surface area (TPSA) is 35.5 Å². The van der Waals surface area contributed by atoms with Crippen LogP contribution in [0.15, 0.2) is 24.3 Å². The normalized spacial score (nSPS) is 9.38. The van der Waals surface area contributed by atoms with Crippen LogP contribution in [-0.2, 0) is 4.74 Å². The van der Waals surface area contributed by atoms with Crippen LogP contribution in [0.4, 0.5) is 4.79 Å². The lowest BCUT2D eigenvalue weighted by Crippen LogP contribution is -2.09. The predicted octanol–water partition coefficient (Wildman–Crippen LogP) is 2.83. The van der Waals surface area contributed by atoms with Gasteiger partial charge in [-0.25, -0.2) is 4.79 Å². The lowest BCUT2D eigenvalue weighted by Gasteiger charge is -2.03. The van der Waals surface area contributed by atoms with Gasteiger partial charge in [0.15, 0.2) is 0 Å². The van der Waals surface area contributed by atoms with Crippen molar-refractivity contribution in [3.8, 4) is 5.75 Å². The Bertz CT molecular complexity index is 299. The summed E-state index contributed by atoms with van der Waals surface area (Å²) >= 11 is 2.14. The van der Waals surface area contributed by atoms with Gasteiger partial charge < -0.3 is 9.47 Å². The van der Waals surface area contributed by atoms with E-state index in [0.717, 1.165) is 3.57 Å². The van der Waals surface area contributed by atoms with Gasteiger partial charge in [-0.05, 0) is 47.7 Å². The molecule has 0 aromatic heterocycles. The van der Waals surface area contributed by atoms with Crippen LogP contribution in [-0.4, -0.2) is 12.8 Å². The maximum Gasteiger partial charge on any atom is 0.513 e. The zero-order chi connectivity index (χ0) is 9.68. The molecule has 0 saturated carbocycles. The molecule has 1 aromatic rings. The van der Waals surface area contributed by atoms with E-state index in [-0.39, 0.29) is 0 Å². The third kappa shape index (κ3) is 3.63. The summed E-state index contributed by atoms with van der Waals surface area (Å²) in [6, 6.07) is 7.20. The number of halogens is 1. The highest BCUT2D eigenvalue weighted by Crippen LogP contribution is 2.15. The molecule has 0 heterocycles. The minimum atomic E-state index is -0.662. The molecular weight excluding hydrogens is 283 g/mol. The van der Waals surface area contributed by atoms with E-state index in [0.29, 0.717) is 12.4 Å². The van der Waals surface area contributed by atoms with Gasteiger partial charge in [-0.15, -0.1) is 0 Å². The molecule has 4 heteroatoms. The van der Waals surface area contributed by atoms with Crippen LogP contribution in [0.3, 0.4) is 0 Å². The van der Waals surface area contributed by atoms with E-state index in [1.165, 1.54) is 0 Å². The molecule has 1 aromatic carbocycles. The molecule has 0 amide bonds. The molecule has 0 aliphatic carbocycles. The summed E-state index contributed by atoms with van der Waals surface area (Å²) < 4.78 is 10.5. The number of rotatable bonds is 2. The van der Waals surface area contributed by atoms with Crippen LogP contribution >= 0.6 is 22.6 Å². The molecular formula is C9H9IO3. The first-order valence-corrected chi connectivity index (χ1v) is 4.90. The van der Waals surface area contributed by atoms with E-state index in [2.05, 4.69) is 27.3 Å². The van der Waals surface area contributed by atoms with E-state index >= 15 is 0 Å². The second-order valence-corrected chi connectivity index (χ2v) is 3.49. The highest BCUT2D eigenvalue weighted by atomic mass is 127. The lowest BCUT2D eigenvalue weighted by molar-refractivity contribution is 0.104. The molecule has 0 aliphatic heterocycles. The molecule has 0 radical (unpaired) electrons. The van der Waals surface area contributed by atoms with Gasteiger partial charge in [0.05, 0.1) is 6.61 Å². The number of carbonyl (C=O) groups excluding carboxylic acids is 1. The monoisotopic (exact) mass is 292 g/mol. The fourth-order valence-electron chi connectivity index (χ4n) is 0.774. The smallest absolute Gasteiger partial charge is 0.434 e. The Labute approximate surface area is 90.2 Å². The highest BCUT2D eigenvalue weighted by molar-refractivity contribution is 14.1. The maximum atomic E-state index is 10.9. The summed E-state index contributed by atoms with van der Waals surface area (Å²) in [6.07, 6.45) is -0.662. The largest absolute Gasteiger partial charge is 0.513 e. The summed E-state index contributed by atoms with van der Waals surface area (Å²) in [5, 5.41) is 0. The fourth-order valence-corrected chi connectivity index (χ4v) is 1.29. The van der Waals surface area contributed by atoms with Gasteiger partial charge in [-0.1, -0.05) is 6.07 Å². The molecule has 13 heavy (non-hydrogen) atoms. The number of carbonyl (C=O) groups is 1. The maximum absolute atomic E-state index is 10.9. The second-order valence-electron chi connectivity index (χ2n) is 2.24. The van der Waals surface area contributed by atoms with Gasteiger partial charge in [0, 0.05) is 3.57 Å². The Hall–Kier alpha value is -0.780. The van der Waals surface area contributed by atoms with Crippen molar-refractivity contribution in [1.82, 2.24) is 0 Å². The van der Waals surface area contributed by atoms with E-state index in [9.17, 15) is 4.79 Å². The van der Waals surface area contributed by atoms with Crippen molar-refractivity contribution in [1.29, 1.82) is 0 Å². The number of ether oxygens (including phenoxy) is 2.